The van der Waals surface area contributed by atoms with Crippen LogP contribution in [0.5, 0.6) is 5.88 Å². The fraction of sp³-hybridized carbons (Fsp3) is 0.667. The fourth-order valence-electron chi connectivity index (χ4n) is 1.65. The molecule has 20 heavy (non-hydrogen) atoms. The lowest BCUT2D eigenvalue weighted by Crippen LogP contribution is -2.28. The van der Waals surface area contributed by atoms with E-state index in [0.717, 1.165) is 19.3 Å². The number of ether oxygens (including phenoxy) is 1. The highest BCUT2D eigenvalue weighted by Crippen LogP contribution is 2.24. The Balaban J connectivity index is 2.74. The van der Waals surface area contributed by atoms with Gasteiger partial charge in [0.05, 0.1) is 4.92 Å². The third-order valence-corrected chi connectivity index (χ3v) is 2.81. The van der Waals surface area contributed by atoms with Crippen LogP contribution in [-0.2, 0) is 0 Å². The monoisotopic (exact) mass is 283 g/mol. The second-order valence-electron chi connectivity index (χ2n) is 4.05. The van der Waals surface area contributed by atoms with Crippen LogP contribution in [0, 0.1) is 10.1 Å². The predicted molar refractivity (Wildman–Crippen MR) is 76.1 cm³/mol. The van der Waals surface area contributed by atoms with E-state index in [4.69, 9.17) is 4.74 Å². The molecule has 0 radical (unpaired) electrons. The average Bonchev–Trinajstić information content (AvgIpc) is 2.44. The van der Waals surface area contributed by atoms with Crippen LogP contribution in [0.25, 0.3) is 0 Å². The Morgan fingerprint density at radius 2 is 2.10 bits per heavy atom. The van der Waals surface area contributed by atoms with E-state index in [1.54, 1.807) is 0 Å². The lowest BCUT2D eigenvalue weighted by Gasteiger charge is -2.17. The first-order valence-electron chi connectivity index (χ1n) is 6.72. The van der Waals surface area contributed by atoms with Crippen molar-refractivity contribution in [2.75, 3.05) is 38.1 Å². The molecule has 8 nitrogen and oxygen atoms in total. The Hall–Kier alpha value is -1.96. The van der Waals surface area contributed by atoms with Crippen molar-refractivity contribution in [1.82, 2.24) is 14.9 Å². The number of aromatic nitrogens is 2. The first kappa shape index (κ1) is 16.1. The van der Waals surface area contributed by atoms with Crippen LogP contribution in [0.15, 0.2) is 6.20 Å². The predicted octanol–water partition coefficient (Wildman–Crippen LogP) is 1.54. The number of likely N-dealkylation sites (N-methyl/N-ethyl adjacent to an activating group) is 1. The van der Waals surface area contributed by atoms with Crippen LogP contribution < -0.4 is 10.1 Å². The summed E-state index contributed by atoms with van der Waals surface area (Å²) >= 11 is 0. The molecule has 1 aromatic heterocycles. The van der Waals surface area contributed by atoms with E-state index in [9.17, 15) is 10.1 Å². The van der Waals surface area contributed by atoms with E-state index in [2.05, 4.69) is 34.0 Å². The molecule has 0 aliphatic rings. The summed E-state index contributed by atoms with van der Waals surface area (Å²) < 4.78 is 5.45. The molecule has 1 aromatic rings. The Kier molecular flexibility index (Phi) is 6.65. The third kappa shape index (κ3) is 4.61. The number of anilines is 1. The quantitative estimate of drug-likeness (QED) is 0.542. The maximum absolute atomic E-state index is 10.9. The minimum Gasteiger partial charge on any atom is -0.471 e. The summed E-state index contributed by atoms with van der Waals surface area (Å²) in [4.78, 5) is 20.4. The summed E-state index contributed by atoms with van der Waals surface area (Å²) in [6, 6.07) is 0. The van der Waals surface area contributed by atoms with Gasteiger partial charge in [-0.25, -0.2) is 4.98 Å². The molecule has 1 N–H and O–H groups in total. The number of nitrogens with one attached hydrogen (secondary N) is 1. The molecule has 0 aliphatic heterocycles. The standard InChI is InChI=1S/C12H21N5O3/c1-4-13-12-14-9-10(17(18)19)11(15-12)20-8-7-16(5-2)6-3/h9H,4-8H2,1-3H3,(H,13,14,15). The van der Waals surface area contributed by atoms with Gasteiger partial charge in [0.1, 0.15) is 12.8 Å². The number of hydrogen-bond acceptors (Lipinski definition) is 7. The maximum Gasteiger partial charge on any atom is 0.349 e. The minimum atomic E-state index is -0.539. The lowest BCUT2D eigenvalue weighted by atomic mass is 10.5. The molecular weight excluding hydrogens is 262 g/mol. The van der Waals surface area contributed by atoms with Gasteiger partial charge < -0.3 is 15.0 Å². The van der Waals surface area contributed by atoms with E-state index in [0.29, 0.717) is 25.6 Å². The maximum atomic E-state index is 10.9. The summed E-state index contributed by atoms with van der Waals surface area (Å²) in [5, 5.41) is 13.8. The summed E-state index contributed by atoms with van der Waals surface area (Å²) in [5.41, 5.74) is -0.216. The van der Waals surface area contributed by atoms with Gasteiger partial charge in [-0.3, -0.25) is 10.1 Å². The summed E-state index contributed by atoms with van der Waals surface area (Å²) in [5.74, 6) is 0.337. The van der Waals surface area contributed by atoms with Crippen molar-refractivity contribution < 1.29 is 9.66 Å². The Bertz CT molecular complexity index is 437. The second kappa shape index (κ2) is 8.26. The van der Waals surface area contributed by atoms with Crippen LogP contribution in [0.3, 0.4) is 0 Å². The third-order valence-electron chi connectivity index (χ3n) is 2.81. The van der Waals surface area contributed by atoms with Gasteiger partial charge in [0.2, 0.25) is 5.95 Å². The first-order valence-corrected chi connectivity index (χ1v) is 6.72. The van der Waals surface area contributed by atoms with Gasteiger partial charge in [-0.05, 0) is 20.0 Å². The molecule has 0 fully saturated rings. The molecule has 1 heterocycles. The highest BCUT2D eigenvalue weighted by atomic mass is 16.6. The smallest absolute Gasteiger partial charge is 0.349 e. The molecule has 0 amide bonds. The molecule has 1 rings (SSSR count). The summed E-state index contributed by atoms with van der Waals surface area (Å²) in [6.45, 7) is 9.51. The van der Waals surface area contributed by atoms with Gasteiger partial charge in [0.25, 0.3) is 5.88 Å². The SMILES string of the molecule is CCNc1ncc([N+](=O)[O-])c(OCCN(CC)CC)n1. The first-order chi connectivity index (χ1) is 9.62. The van der Waals surface area contributed by atoms with E-state index in [1.165, 1.54) is 0 Å². The zero-order valence-corrected chi connectivity index (χ0v) is 12.1. The van der Waals surface area contributed by atoms with Crippen molar-refractivity contribution in [3.8, 4) is 5.88 Å². The zero-order chi connectivity index (χ0) is 15.0. The van der Waals surface area contributed by atoms with Gasteiger partial charge in [-0.15, -0.1) is 0 Å². The van der Waals surface area contributed by atoms with Gasteiger partial charge >= 0.3 is 5.69 Å². The van der Waals surface area contributed by atoms with Crippen molar-refractivity contribution in [2.24, 2.45) is 0 Å². The fourth-order valence-corrected chi connectivity index (χ4v) is 1.65. The number of nitrogens with zero attached hydrogens (tertiary/aromatic N) is 4. The van der Waals surface area contributed by atoms with E-state index >= 15 is 0 Å². The molecule has 112 valence electrons. The average molecular weight is 283 g/mol. The van der Waals surface area contributed by atoms with Crippen molar-refractivity contribution in [3.63, 3.8) is 0 Å². The highest BCUT2D eigenvalue weighted by molar-refractivity contribution is 5.43. The molecular formula is C12H21N5O3. The van der Waals surface area contributed by atoms with E-state index < -0.39 is 4.92 Å². The Morgan fingerprint density at radius 1 is 1.40 bits per heavy atom. The normalized spacial score (nSPS) is 10.6. The van der Waals surface area contributed by atoms with E-state index in [-0.39, 0.29) is 11.6 Å². The molecule has 0 saturated carbocycles. The Morgan fingerprint density at radius 3 is 2.65 bits per heavy atom. The van der Waals surface area contributed by atoms with Crippen LogP contribution in [-0.4, -0.2) is 52.6 Å². The topological polar surface area (TPSA) is 93.4 Å². The van der Waals surface area contributed by atoms with Crippen molar-refractivity contribution >= 4 is 11.6 Å². The largest absolute Gasteiger partial charge is 0.471 e. The lowest BCUT2D eigenvalue weighted by molar-refractivity contribution is -0.386. The van der Waals surface area contributed by atoms with Crippen LogP contribution >= 0.6 is 0 Å². The molecule has 0 bridgehead atoms. The van der Waals surface area contributed by atoms with Gasteiger partial charge in [-0.1, -0.05) is 13.8 Å². The van der Waals surface area contributed by atoms with Crippen molar-refractivity contribution in [2.45, 2.75) is 20.8 Å². The number of hydrogen-bond donors (Lipinski definition) is 1. The van der Waals surface area contributed by atoms with Gasteiger partial charge in [-0.2, -0.15) is 4.98 Å². The number of nitro groups is 1. The molecule has 0 unspecified atom stereocenters. The van der Waals surface area contributed by atoms with Gasteiger partial charge in [0.15, 0.2) is 0 Å². The Labute approximate surface area is 118 Å². The minimum absolute atomic E-state index is 0.00751. The summed E-state index contributed by atoms with van der Waals surface area (Å²) in [7, 11) is 0. The molecule has 0 saturated heterocycles. The molecule has 0 aromatic carbocycles. The van der Waals surface area contributed by atoms with Crippen molar-refractivity contribution in [3.05, 3.63) is 16.3 Å². The highest BCUT2D eigenvalue weighted by Gasteiger charge is 2.19. The van der Waals surface area contributed by atoms with Crippen LogP contribution in [0.4, 0.5) is 11.6 Å². The van der Waals surface area contributed by atoms with Crippen molar-refractivity contribution in [1.29, 1.82) is 0 Å². The molecule has 0 aliphatic carbocycles. The van der Waals surface area contributed by atoms with Gasteiger partial charge in [0, 0.05) is 13.1 Å². The summed E-state index contributed by atoms with van der Waals surface area (Å²) in [6.07, 6.45) is 1.16. The van der Waals surface area contributed by atoms with Crippen LogP contribution in [0.2, 0.25) is 0 Å². The van der Waals surface area contributed by atoms with E-state index in [1.807, 2.05) is 6.92 Å². The zero-order valence-electron chi connectivity index (χ0n) is 12.1. The molecule has 0 spiro atoms. The second-order valence-corrected chi connectivity index (χ2v) is 4.05. The molecule has 8 heteroatoms. The number of rotatable bonds is 9. The van der Waals surface area contributed by atoms with Crippen LogP contribution in [0.1, 0.15) is 20.8 Å². The molecule has 0 atom stereocenters.